The van der Waals surface area contributed by atoms with Crippen molar-refractivity contribution in [2.24, 2.45) is 0 Å². The first-order valence-corrected chi connectivity index (χ1v) is 9.56. The van der Waals surface area contributed by atoms with E-state index in [1.54, 1.807) is 18.2 Å². The molecule has 0 aromatic heterocycles. The summed E-state index contributed by atoms with van der Waals surface area (Å²) in [4.78, 5) is 27.1. The molecule has 2 aromatic carbocycles. The monoisotopic (exact) mass is 383 g/mol. The number of hydrogen-bond acceptors (Lipinski definition) is 3. The molecule has 2 N–H and O–H groups in total. The molecule has 2 aromatic rings. The number of piperidine rings is 1. The van der Waals surface area contributed by atoms with E-state index in [0.717, 1.165) is 16.8 Å². The van der Waals surface area contributed by atoms with Crippen molar-refractivity contribution >= 4 is 29.1 Å². The lowest BCUT2D eigenvalue weighted by atomic mass is 9.92. The highest BCUT2D eigenvalue weighted by Gasteiger charge is 2.41. The summed E-state index contributed by atoms with van der Waals surface area (Å²) in [5.74, 6) is 0.0323. The summed E-state index contributed by atoms with van der Waals surface area (Å²) in [6.45, 7) is 3.24. The van der Waals surface area contributed by atoms with Gasteiger partial charge in [0.1, 0.15) is 5.66 Å². The van der Waals surface area contributed by atoms with Crippen LogP contribution in [-0.4, -0.2) is 35.5 Å². The van der Waals surface area contributed by atoms with E-state index in [1.807, 2.05) is 36.1 Å². The zero-order valence-corrected chi connectivity index (χ0v) is 16.0. The van der Waals surface area contributed by atoms with Crippen molar-refractivity contribution < 1.29 is 9.59 Å². The lowest BCUT2D eigenvalue weighted by molar-refractivity contribution is -0.132. The van der Waals surface area contributed by atoms with E-state index in [4.69, 9.17) is 11.6 Å². The molecule has 4 rings (SSSR count). The van der Waals surface area contributed by atoms with Crippen LogP contribution in [0, 0.1) is 6.92 Å². The summed E-state index contributed by atoms with van der Waals surface area (Å²) >= 11 is 6.08. The first kappa shape index (κ1) is 17.9. The maximum Gasteiger partial charge on any atom is 0.255 e. The third-order valence-corrected chi connectivity index (χ3v) is 5.76. The molecule has 5 nitrogen and oxygen atoms in total. The minimum atomic E-state index is -0.520. The average Bonchev–Trinajstić information content (AvgIpc) is 2.63. The van der Waals surface area contributed by atoms with Crippen LogP contribution in [0.5, 0.6) is 0 Å². The number of halogens is 1. The normalized spacial score (nSPS) is 17.9. The summed E-state index contributed by atoms with van der Waals surface area (Å²) in [6.07, 6.45) is 1.73. The maximum atomic E-state index is 12.7. The van der Waals surface area contributed by atoms with E-state index in [-0.39, 0.29) is 11.8 Å². The molecule has 2 heterocycles. The predicted molar refractivity (Wildman–Crippen MR) is 106 cm³/mol. The minimum Gasteiger partial charge on any atom is -0.362 e. The van der Waals surface area contributed by atoms with E-state index < -0.39 is 5.66 Å². The number of nitrogens with one attached hydrogen (secondary N) is 2. The molecule has 0 unspecified atom stereocenters. The summed E-state index contributed by atoms with van der Waals surface area (Å²) in [5, 5.41) is 7.14. The number of nitrogens with zero attached hydrogens (tertiary/aromatic N) is 1. The molecular formula is C21H22ClN3O2. The number of aryl methyl sites for hydroxylation is 1. The second-order valence-corrected chi connectivity index (χ2v) is 7.77. The molecule has 0 aliphatic carbocycles. The Bertz CT molecular complexity index is 904. The Morgan fingerprint density at radius 1 is 1.15 bits per heavy atom. The van der Waals surface area contributed by atoms with Crippen LogP contribution in [0.3, 0.4) is 0 Å². The summed E-state index contributed by atoms with van der Waals surface area (Å²) in [5.41, 5.74) is 3.03. The Kier molecular flexibility index (Phi) is 4.56. The molecular weight excluding hydrogens is 362 g/mol. The Morgan fingerprint density at radius 2 is 1.89 bits per heavy atom. The van der Waals surface area contributed by atoms with Crippen molar-refractivity contribution in [3.05, 3.63) is 64.2 Å². The maximum absolute atomic E-state index is 12.7. The SMILES string of the molecule is Cc1ccccc1CC(=O)N1CCC2(CC1)NC(=O)c1ccc(Cl)cc1N2. The van der Waals surface area contributed by atoms with Gasteiger partial charge in [-0.05, 0) is 36.2 Å². The van der Waals surface area contributed by atoms with E-state index in [9.17, 15) is 9.59 Å². The Hall–Kier alpha value is -2.53. The highest BCUT2D eigenvalue weighted by atomic mass is 35.5. The van der Waals surface area contributed by atoms with Gasteiger partial charge in [-0.15, -0.1) is 0 Å². The second-order valence-electron chi connectivity index (χ2n) is 7.34. The van der Waals surface area contributed by atoms with Crippen LogP contribution in [0.1, 0.15) is 34.3 Å². The Labute approximate surface area is 163 Å². The lowest BCUT2D eigenvalue weighted by Gasteiger charge is -2.46. The quantitative estimate of drug-likeness (QED) is 0.835. The number of hydrogen-bond donors (Lipinski definition) is 2. The third kappa shape index (κ3) is 3.52. The topological polar surface area (TPSA) is 61.4 Å². The fourth-order valence-corrected chi connectivity index (χ4v) is 4.03. The largest absolute Gasteiger partial charge is 0.362 e. The van der Waals surface area contributed by atoms with Gasteiger partial charge < -0.3 is 15.5 Å². The van der Waals surface area contributed by atoms with Crippen LogP contribution in [-0.2, 0) is 11.2 Å². The zero-order chi connectivity index (χ0) is 19.0. The van der Waals surface area contributed by atoms with Gasteiger partial charge in [0, 0.05) is 31.0 Å². The van der Waals surface area contributed by atoms with Gasteiger partial charge in [0.25, 0.3) is 5.91 Å². The molecule has 27 heavy (non-hydrogen) atoms. The van der Waals surface area contributed by atoms with Crippen LogP contribution in [0.4, 0.5) is 5.69 Å². The summed E-state index contributed by atoms with van der Waals surface area (Å²) < 4.78 is 0. The smallest absolute Gasteiger partial charge is 0.255 e. The highest BCUT2D eigenvalue weighted by Crippen LogP contribution is 2.33. The van der Waals surface area contributed by atoms with E-state index in [0.29, 0.717) is 42.9 Å². The number of likely N-dealkylation sites (tertiary alicyclic amines) is 1. The molecule has 6 heteroatoms. The zero-order valence-electron chi connectivity index (χ0n) is 15.2. The average molecular weight is 384 g/mol. The molecule has 0 saturated carbocycles. The number of benzene rings is 2. The van der Waals surface area contributed by atoms with Gasteiger partial charge in [0.2, 0.25) is 5.91 Å². The van der Waals surface area contributed by atoms with Gasteiger partial charge in [-0.3, -0.25) is 9.59 Å². The van der Waals surface area contributed by atoms with Gasteiger partial charge in [-0.1, -0.05) is 35.9 Å². The molecule has 140 valence electrons. The van der Waals surface area contributed by atoms with Crippen LogP contribution >= 0.6 is 11.6 Å². The van der Waals surface area contributed by atoms with Crippen molar-refractivity contribution in [2.75, 3.05) is 18.4 Å². The molecule has 0 radical (unpaired) electrons. The lowest BCUT2D eigenvalue weighted by Crippen LogP contribution is -2.62. The van der Waals surface area contributed by atoms with Crippen molar-refractivity contribution in [1.82, 2.24) is 10.2 Å². The predicted octanol–water partition coefficient (Wildman–Crippen LogP) is 3.37. The molecule has 2 aliphatic heterocycles. The van der Waals surface area contributed by atoms with Gasteiger partial charge in [0.05, 0.1) is 17.7 Å². The third-order valence-electron chi connectivity index (χ3n) is 5.53. The van der Waals surface area contributed by atoms with Crippen molar-refractivity contribution in [2.45, 2.75) is 31.8 Å². The Balaban J connectivity index is 1.44. The van der Waals surface area contributed by atoms with Crippen molar-refractivity contribution in [3.8, 4) is 0 Å². The second kappa shape index (κ2) is 6.89. The fraction of sp³-hybridized carbons (Fsp3) is 0.333. The number of carbonyl (C=O) groups excluding carboxylic acids is 2. The molecule has 1 fully saturated rings. The number of amides is 2. The van der Waals surface area contributed by atoms with Crippen LogP contribution < -0.4 is 10.6 Å². The van der Waals surface area contributed by atoms with E-state index >= 15 is 0 Å². The molecule has 1 spiro atoms. The van der Waals surface area contributed by atoms with E-state index in [2.05, 4.69) is 10.6 Å². The van der Waals surface area contributed by atoms with Gasteiger partial charge in [-0.25, -0.2) is 0 Å². The van der Waals surface area contributed by atoms with Gasteiger partial charge in [-0.2, -0.15) is 0 Å². The molecule has 0 atom stereocenters. The molecule has 0 bridgehead atoms. The van der Waals surface area contributed by atoms with Gasteiger partial charge in [0.15, 0.2) is 0 Å². The molecule has 2 aliphatic rings. The number of anilines is 1. The summed E-state index contributed by atoms with van der Waals surface area (Å²) in [7, 11) is 0. The van der Waals surface area contributed by atoms with Crippen molar-refractivity contribution in [3.63, 3.8) is 0 Å². The molecule has 1 saturated heterocycles. The number of rotatable bonds is 2. The van der Waals surface area contributed by atoms with Crippen LogP contribution in [0.15, 0.2) is 42.5 Å². The first-order chi connectivity index (χ1) is 13.0. The number of carbonyl (C=O) groups is 2. The van der Waals surface area contributed by atoms with E-state index in [1.165, 1.54) is 0 Å². The van der Waals surface area contributed by atoms with Crippen LogP contribution in [0.2, 0.25) is 5.02 Å². The summed E-state index contributed by atoms with van der Waals surface area (Å²) in [6, 6.07) is 13.2. The van der Waals surface area contributed by atoms with Crippen molar-refractivity contribution in [1.29, 1.82) is 0 Å². The number of fused-ring (bicyclic) bond motifs is 1. The Morgan fingerprint density at radius 3 is 2.63 bits per heavy atom. The minimum absolute atomic E-state index is 0.0971. The molecule has 2 amide bonds. The van der Waals surface area contributed by atoms with Gasteiger partial charge >= 0.3 is 0 Å². The standard InChI is InChI=1S/C21H22ClN3O2/c1-14-4-2-3-5-15(14)12-19(26)25-10-8-21(9-11-25)23-18-13-16(22)6-7-17(18)20(27)24-21/h2-7,13,23H,8-12H2,1H3,(H,24,27). The fourth-order valence-electron chi connectivity index (χ4n) is 3.86. The first-order valence-electron chi connectivity index (χ1n) is 9.18. The highest BCUT2D eigenvalue weighted by molar-refractivity contribution is 6.31. The van der Waals surface area contributed by atoms with Crippen LogP contribution in [0.25, 0.3) is 0 Å².